The molecule has 0 N–H and O–H groups in total. The van der Waals surface area contributed by atoms with Crippen LogP contribution >= 0.6 is 25.3 Å². The number of nitriles is 1. The molecule has 0 rings (SSSR count). The molecule has 8 heteroatoms. The van der Waals surface area contributed by atoms with E-state index in [2.05, 4.69) is 25.3 Å². The fraction of sp³-hybridized carbons (Fsp3) is 0.250. The Morgan fingerprint density at radius 1 is 1.33 bits per heavy atom. The molecular weight excluding hydrogens is 268 g/mol. The molecule has 0 fully saturated rings. The fourth-order valence-corrected chi connectivity index (χ4v) is 1.89. The molecule has 0 aliphatic carbocycles. The van der Waals surface area contributed by atoms with Gasteiger partial charge < -0.3 is 0 Å². The number of thiol groups is 2. The van der Waals surface area contributed by atoms with Crippen molar-refractivity contribution in [3.63, 3.8) is 0 Å². The Morgan fingerprint density at radius 3 is 1.67 bits per heavy atom. The Hall–Kier alpha value is 3.15. The number of hydrogen-bond acceptors (Lipinski definition) is 5. The first-order valence-electron chi connectivity index (χ1n) is 2.12. The van der Waals surface area contributed by atoms with Crippen LogP contribution in [-0.2, 0) is 9.84 Å². The number of nitrogens with zero attached hydrogens (tertiary/aromatic N) is 1. The Kier molecular flexibility index (Phi) is 16.1. The largest absolute Gasteiger partial charge is 1.00 e. The summed E-state index contributed by atoms with van der Waals surface area (Å²) in [6.07, 6.45) is 0.929. The molecule has 3 nitrogen and oxygen atoms in total. The summed E-state index contributed by atoms with van der Waals surface area (Å²) < 4.78 is 21.2. The molecular formula is C4H5K2NO2S3+2. The Morgan fingerprint density at radius 2 is 1.67 bits per heavy atom. The van der Waals surface area contributed by atoms with Gasteiger partial charge in [-0.25, -0.2) is 8.42 Å². The maximum absolute atomic E-state index is 10.6. The zero-order chi connectivity index (χ0) is 8.36. The first-order chi connectivity index (χ1) is 4.39. The van der Waals surface area contributed by atoms with E-state index in [-0.39, 0.29) is 107 Å². The minimum atomic E-state index is -3.45. The Balaban J connectivity index is -0.000000405. The first kappa shape index (κ1) is 20.6. The van der Waals surface area contributed by atoms with Gasteiger partial charge in [0.15, 0.2) is 14.7 Å². The molecule has 12 heavy (non-hydrogen) atoms. The van der Waals surface area contributed by atoms with Gasteiger partial charge in [0.05, 0.1) is 4.24 Å². The standard InChI is InChI=1S/C4H5NO2S3.2K/c1-10(6,7)3(2-5)4(8)9;;/h8-9H,1H3;;/q;2*+1. The van der Waals surface area contributed by atoms with Gasteiger partial charge in [0.1, 0.15) is 6.07 Å². The third kappa shape index (κ3) is 8.46. The van der Waals surface area contributed by atoms with E-state index in [0.29, 0.717) is 0 Å². The maximum atomic E-state index is 10.6. The van der Waals surface area contributed by atoms with Crippen molar-refractivity contribution in [1.82, 2.24) is 0 Å². The molecule has 0 aliphatic rings. The SMILES string of the molecule is CS(=O)(=O)C(C#N)=C(S)S.[K+].[K+]. The van der Waals surface area contributed by atoms with Gasteiger partial charge in [-0.3, -0.25) is 0 Å². The summed E-state index contributed by atoms with van der Waals surface area (Å²) >= 11 is 7.22. The zero-order valence-electron chi connectivity index (χ0n) is 7.07. The van der Waals surface area contributed by atoms with Crippen molar-refractivity contribution < 1.29 is 111 Å². The summed E-state index contributed by atoms with van der Waals surface area (Å²) in [6, 6.07) is 1.48. The van der Waals surface area contributed by atoms with Gasteiger partial charge in [0.2, 0.25) is 0 Å². The monoisotopic (exact) mass is 273 g/mol. The number of rotatable bonds is 1. The van der Waals surface area contributed by atoms with Gasteiger partial charge in [0.25, 0.3) is 0 Å². The topological polar surface area (TPSA) is 57.9 Å². The van der Waals surface area contributed by atoms with Crippen molar-refractivity contribution in [2.24, 2.45) is 0 Å². The van der Waals surface area contributed by atoms with E-state index in [4.69, 9.17) is 5.26 Å². The van der Waals surface area contributed by atoms with Gasteiger partial charge in [-0.05, 0) is 0 Å². The second-order valence-electron chi connectivity index (χ2n) is 1.54. The van der Waals surface area contributed by atoms with E-state index >= 15 is 0 Å². The third-order valence-corrected chi connectivity index (χ3v) is 2.46. The molecule has 0 aromatic heterocycles. The second kappa shape index (κ2) is 9.38. The van der Waals surface area contributed by atoms with E-state index in [9.17, 15) is 8.42 Å². The molecule has 0 saturated carbocycles. The molecule has 0 bridgehead atoms. The quantitative estimate of drug-likeness (QED) is 0.285. The average molecular weight is 273 g/mol. The summed E-state index contributed by atoms with van der Waals surface area (Å²) in [6.45, 7) is 0. The molecule has 0 aromatic carbocycles. The number of allylic oxidation sites excluding steroid dienone is 1. The second-order valence-corrected chi connectivity index (χ2v) is 4.74. The number of sulfone groups is 1. The van der Waals surface area contributed by atoms with Crippen LogP contribution < -0.4 is 103 Å². The molecule has 0 aliphatic heterocycles. The van der Waals surface area contributed by atoms with Gasteiger partial charge in [0, 0.05) is 6.26 Å². The molecule has 0 aromatic rings. The van der Waals surface area contributed by atoms with Crippen molar-refractivity contribution in [1.29, 1.82) is 5.26 Å². The summed E-state index contributed by atoms with van der Waals surface area (Å²) in [5, 5.41) is 8.25. The first-order valence-corrected chi connectivity index (χ1v) is 4.90. The van der Waals surface area contributed by atoms with Crippen LogP contribution in [0.2, 0.25) is 0 Å². The van der Waals surface area contributed by atoms with Crippen molar-refractivity contribution >= 4 is 35.1 Å². The maximum Gasteiger partial charge on any atom is 1.00 e. The van der Waals surface area contributed by atoms with E-state index < -0.39 is 14.7 Å². The van der Waals surface area contributed by atoms with E-state index in [1.54, 1.807) is 0 Å². The minimum absolute atomic E-state index is 0. The molecule has 0 spiro atoms. The molecule has 56 valence electrons. The third-order valence-electron chi connectivity index (χ3n) is 0.675. The van der Waals surface area contributed by atoms with Gasteiger partial charge in [-0.2, -0.15) is 5.26 Å². The van der Waals surface area contributed by atoms with E-state index in [1.165, 1.54) is 6.07 Å². The van der Waals surface area contributed by atoms with Crippen molar-refractivity contribution in [3.05, 3.63) is 9.14 Å². The van der Waals surface area contributed by atoms with Gasteiger partial charge in [-0.1, -0.05) is 0 Å². The molecule has 0 radical (unpaired) electrons. The molecule has 0 unspecified atom stereocenters. The van der Waals surface area contributed by atoms with Crippen LogP contribution in [0.25, 0.3) is 0 Å². The Labute approximate surface area is 168 Å². The van der Waals surface area contributed by atoms with Crippen LogP contribution in [0.3, 0.4) is 0 Å². The van der Waals surface area contributed by atoms with E-state index in [1.807, 2.05) is 0 Å². The minimum Gasteiger partial charge on any atom is -0.223 e. The average Bonchev–Trinajstić information content (AvgIpc) is 1.60. The fourth-order valence-electron chi connectivity index (χ4n) is 0.299. The molecule has 0 atom stereocenters. The predicted molar refractivity (Wildman–Crippen MR) is 45.5 cm³/mol. The summed E-state index contributed by atoms with van der Waals surface area (Å²) in [7, 11) is -3.45. The van der Waals surface area contributed by atoms with Crippen LogP contribution in [0.15, 0.2) is 9.14 Å². The summed E-state index contributed by atoms with van der Waals surface area (Å²) in [5.41, 5.74) is 0. The van der Waals surface area contributed by atoms with Crippen LogP contribution in [0.5, 0.6) is 0 Å². The van der Waals surface area contributed by atoms with Crippen LogP contribution in [0.1, 0.15) is 0 Å². The van der Waals surface area contributed by atoms with Crippen LogP contribution in [0, 0.1) is 11.3 Å². The van der Waals surface area contributed by atoms with E-state index in [0.717, 1.165) is 6.26 Å². The molecule has 0 saturated heterocycles. The smallest absolute Gasteiger partial charge is 0.223 e. The zero-order valence-corrected chi connectivity index (χ0v) is 15.9. The normalized spacial score (nSPS) is 8.50. The van der Waals surface area contributed by atoms with Crippen molar-refractivity contribution in [2.75, 3.05) is 6.26 Å². The summed E-state index contributed by atoms with van der Waals surface area (Å²) in [4.78, 5) is -0.404. The van der Waals surface area contributed by atoms with Gasteiger partial charge in [-0.15, -0.1) is 25.3 Å². The predicted octanol–water partition coefficient (Wildman–Crippen LogP) is -5.41. The number of hydrogen-bond donors (Lipinski definition) is 2. The van der Waals surface area contributed by atoms with Crippen molar-refractivity contribution in [2.45, 2.75) is 0 Å². The molecule has 0 amide bonds. The molecule has 0 heterocycles. The van der Waals surface area contributed by atoms with Crippen LogP contribution in [0.4, 0.5) is 0 Å². The van der Waals surface area contributed by atoms with Crippen LogP contribution in [-0.4, -0.2) is 14.7 Å². The Bertz CT molecular complexity index is 299. The van der Waals surface area contributed by atoms with Crippen molar-refractivity contribution in [3.8, 4) is 6.07 Å². The van der Waals surface area contributed by atoms with Gasteiger partial charge >= 0.3 is 103 Å². The summed E-state index contributed by atoms with van der Waals surface area (Å²) in [5.74, 6) is 0.